The number of rotatable bonds is 6. The number of aliphatic hydroxyl groups is 1. The third kappa shape index (κ3) is 4.43. The molecular formula is C16H16ClNO2S. The maximum atomic E-state index is 8.87. The van der Waals surface area contributed by atoms with Crippen LogP contribution < -0.4 is 10.5 Å². The fourth-order valence-electron chi connectivity index (χ4n) is 1.86. The lowest BCUT2D eigenvalue weighted by molar-refractivity contribution is 0.298. The molecule has 0 saturated heterocycles. The quantitative estimate of drug-likeness (QED) is 0.803. The molecule has 2 aromatic rings. The Hall–Kier alpha value is -1.62. The Kier molecular flexibility index (Phi) is 5.56. The van der Waals surface area contributed by atoms with Gasteiger partial charge in [0.25, 0.3) is 0 Å². The van der Waals surface area contributed by atoms with Gasteiger partial charge in [-0.25, -0.2) is 0 Å². The summed E-state index contributed by atoms with van der Waals surface area (Å²) in [6.07, 6.45) is 0.645. The van der Waals surface area contributed by atoms with Gasteiger partial charge in [-0.05, 0) is 30.2 Å². The zero-order valence-corrected chi connectivity index (χ0v) is 13.0. The van der Waals surface area contributed by atoms with Crippen molar-refractivity contribution in [1.29, 1.82) is 0 Å². The van der Waals surface area contributed by atoms with Crippen molar-refractivity contribution in [2.45, 2.75) is 13.0 Å². The van der Waals surface area contributed by atoms with Crippen molar-refractivity contribution < 1.29 is 9.84 Å². The van der Waals surface area contributed by atoms with Crippen LogP contribution >= 0.6 is 23.8 Å². The molecule has 0 unspecified atom stereocenters. The maximum absolute atomic E-state index is 8.87. The average molecular weight is 322 g/mol. The molecule has 0 aliphatic rings. The number of nitrogens with two attached hydrogens (primary N) is 1. The molecule has 2 rings (SSSR count). The van der Waals surface area contributed by atoms with E-state index in [1.807, 2.05) is 36.4 Å². The number of hydrogen-bond donors (Lipinski definition) is 2. The Labute approximate surface area is 134 Å². The second kappa shape index (κ2) is 7.41. The second-order valence-corrected chi connectivity index (χ2v) is 5.42. The Balaban J connectivity index is 2.01. The molecule has 3 N–H and O–H groups in total. The van der Waals surface area contributed by atoms with Crippen LogP contribution in [-0.2, 0) is 13.0 Å². The van der Waals surface area contributed by atoms with E-state index in [1.54, 1.807) is 6.07 Å². The van der Waals surface area contributed by atoms with Gasteiger partial charge in [0, 0.05) is 22.8 Å². The molecule has 0 aliphatic heterocycles. The molecule has 5 heteroatoms. The van der Waals surface area contributed by atoms with Crippen LogP contribution in [-0.4, -0.2) is 16.7 Å². The van der Waals surface area contributed by atoms with Gasteiger partial charge in [0.1, 0.15) is 17.3 Å². The van der Waals surface area contributed by atoms with Gasteiger partial charge in [-0.1, -0.05) is 48.1 Å². The van der Waals surface area contributed by atoms with E-state index in [9.17, 15) is 0 Å². The van der Waals surface area contributed by atoms with Crippen molar-refractivity contribution in [1.82, 2.24) is 0 Å². The van der Waals surface area contributed by atoms with E-state index in [0.29, 0.717) is 23.0 Å². The van der Waals surface area contributed by atoms with E-state index in [0.717, 1.165) is 22.4 Å². The van der Waals surface area contributed by atoms with Gasteiger partial charge in [0.15, 0.2) is 0 Å². The molecule has 0 heterocycles. The van der Waals surface area contributed by atoms with E-state index in [4.69, 9.17) is 39.4 Å². The Bertz CT molecular complexity index is 629. The predicted molar refractivity (Wildman–Crippen MR) is 88.9 cm³/mol. The zero-order valence-electron chi connectivity index (χ0n) is 11.4. The molecule has 0 spiro atoms. The Morgan fingerprint density at radius 2 is 1.90 bits per heavy atom. The van der Waals surface area contributed by atoms with Crippen LogP contribution in [0.15, 0.2) is 42.5 Å². The van der Waals surface area contributed by atoms with Crippen molar-refractivity contribution in [3.8, 4) is 5.75 Å². The zero-order chi connectivity index (χ0) is 15.2. The van der Waals surface area contributed by atoms with Crippen LogP contribution in [0.5, 0.6) is 5.75 Å². The smallest absolute Gasteiger partial charge is 0.119 e. The molecule has 2 aromatic carbocycles. The average Bonchev–Trinajstić information content (AvgIpc) is 2.47. The summed E-state index contributed by atoms with van der Waals surface area (Å²) in [5, 5.41) is 9.45. The summed E-state index contributed by atoms with van der Waals surface area (Å²) in [6.45, 7) is 0.515. The molecule has 0 aromatic heterocycles. The molecule has 0 aliphatic carbocycles. The molecule has 0 amide bonds. The van der Waals surface area contributed by atoms with Crippen LogP contribution in [0.3, 0.4) is 0 Å². The van der Waals surface area contributed by atoms with Crippen molar-refractivity contribution in [3.05, 3.63) is 64.2 Å². The minimum atomic E-state index is 0.144. The van der Waals surface area contributed by atoms with Gasteiger partial charge in [-0.2, -0.15) is 0 Å². The number of aliphatic hydroxyl groups excluding tert-OH is 1. The van der Waals surface area contributed by atoms with Gasteiger partial charge >= 0.3 is 0 Å². The maximum Gasteiger partial charge on any atom is 0.119 e. The van der Waals surface area contributed by atoms with Gasteiger partial charge in [-0.3, -0.25) is 0 Å². The van der Waals surface area contributed by atoms with E-state index in [2.05, 4.69) is 0 Å². The molecule has 110 valence electrons. The van der Waals surface area contributed by atoms with Gasteiger partial charge < -0.3 is 15.6 Å². The third-order valence-corrected chi connectivity index (χ3v) is 3.64. The summed E-state index contributed by atoms with van der Waals surface area (Å²) in [5.74, 6) is 0.756. The highest BCUT2D eigenvalue weighted by Gasteiger charge is 2.05. The first-order valence-electron chi connectivity index (χ1n) is 6.51. The number of halogens is 1. The highest BCUT2D eigenvalue weighted by Crippen LogP contribution is 2.21. The van der Waals surface area contributed by atoms with E-state index in [1.165, 1.54) is 0 Å². The first kappa shape index (κ1) is 15.8. The highest BCUT2D eigenvalue weighted by atomic mass is 35.5. The molecule has 0 saturated carbocycles. The van der Waals surface area contributed by atoms with Crippen LogP contribution in [0.2, 0.25) is 5.02 Å². The standard InChI is InChI=1S/C16H16ClNO2S/c17-15-9-12(16(18)21)3-4-13(15)10-20-14-5-1-11(2-6-14)7-8-19/h1-6,9,19H,7-8,10H2,(H2,18,21). The van der Waals surface area contributed by atoms with Gasteiger partial charge in [0.2, 0.25) is 0 Å². The number of hydrogen-bond acceptors (Lipinski definition) is 3. The molecular weight excluding hydrogens is 306 g/mol. The summed E-state index contributed by atoms with van der Waals surface area (Å²) >= 11 is 11.1. The third-order valence-electron chi connectivity index (χ3n) is 3.06. The van der Waals surface area contributed by atoms with E-state index in [-0.39, 0.29) is 6.61 Å². The second-order valence-electron chi connectivity index (χ2n) is 4.58. The fraction of sp³-hybridized carbons (Fsp3) is 0.188. The SMILES string of the molecule is NC(=S)c1ccc(COc2ccc(CCO)cc2)c(Cl)c1. The van der Waals surface area contributed by atoms with Crippen LogP contribution in [0.4, 0.5) is 0 Å². The first-order chi connectivity index (χ1) is 10.1. The van der Waals surface area contributed by atoms with E-state index < -0.39 is 0 Å². The molecule has 3 nitrogen and oxygen atoms in total. The molecule has 21 heavy (non-hydrogen) atoms. The minimum absolute atomic E-state index is 0.144. The monoisotopic (exact) mass is 321 g/mol. The van der Waals surface area contributed by atoms with Crippen LogP contribution in [0.25, 0.3) is 0 Å². The largest absolute Gasteiger partial charge is 0.489 e. The Morgan fingerprint density at radius 1 is 1.19 bits per heavy atom. The Morgan fingerprint density at radius 3 is 2.48 bits per heavy atom. The number of thiocarbonyl (C=S) groups is 1. The van der Waals surface area contributed by atoms with Crippen LogP contribution in [0, 0.1) is 0 Å². The fourth-order valence-corrected chi connectivity index (χ4v) is 2.22. The first-order valence-corrected chi connectivity index (χ1v) is 7.29. The van der Waals surface area contributed by atoms with Gasteiger partial charge in [-0.15, -0.1) is 0 Å². The molecule has 0 radical (unpaired) electrons. The summed E-state index contributed by atoms with van der Waals surface area (Å²) in [6, 6.07) is 13.1. The lowest BCUT2D eigenvalue weighted by atomic mass is 10.1. The van der Waals surface area contributed by atoms with Crippen molar-refractivity contribution in [2.75, 3.05) is 6.61 Å². The summed E-state index contributed by atoms with van der Waals surface area (Å²) in [4.78, 5) is 0.323. The lowest BCUT2D eigenvalue weighted by Gasteiger charge is -2.09. The number of benzene rings is 2. The lowest BCUT2D eigenvalue weighted by Crippen LogP contribution is -2.09. The predicted octanol–water partition coefficient (Wildman–Crippen LogP) is 3.09. The summed E-state index contributed by atoms with van der Waals surface area (Å²) in [7, 11) is 0. The molecule has 0 fully saturated rings. The van der Waals surface area contributed by atoms with Gasteiger partial charge in [0.05, 0.1) is 0 Å². The highest BCUT2D eigenvalue weighted by molar-refractivity contribution is 7.80. The van der Waals surface area contributed by atoms with Crippen molar-refractivity contribution >= 4 is 28.8 Å². The van der Waals surface area contributed by atoms with Crippen molar-refractivity contribution in [3.63, 3.8) is 0 Å². The number of ether oxygens (including phenoxy) is 1. The van der Waals surface area contributed by atoms with E-state index >= 15 is 0 Å². The normalized spacial score (nSPS) is 10.4. The summed E-state index contributed by atoms with van der Waals surface area (Å²) in [5.41, 5.74) is 8.25. The molecule has 0 bridgehead atoms. The summed E-state index contributed by atoms with van der Waals surface area (Å²) < 4.78 is 5.70. The minimum Gasteiger partial charge on any atom is -0.489 e. The molecule has 0 atom stereocenters. The van der Waals surface area contributed by atoms with Crippen LogP contribution in [0.1, 0.15) is 16.7 Å². The van der Waals surface area contributed by atoms with Crippen molar-refractivity contribution in [2.24, 2.45) is 5.73 Å². The topological polar surface area (TPSA) is 55.5 Å².